The number of aliphatic hydroxyl groups excluding tert-OH is 3. The van der Waals surface area contributed by atoms with Gasteiger partial charge < -0.3 is 35.3 Å². The van der Waals surface area contributed by atoms with E-state index in [0.29, 0.717) is 62.9 Å². The largest absolute Gasteiger partial charge is 0.465 e. The van der Waals surface area contributed by atoms with Gasteiger partial charge in [-0.15, -0.1) is 5.92 Å². The van der Waals surface area contributed by atoms with Crippen LogP contribution in [0.15, 0.2) is 41.8 Å². The maximum absolute atomic E-state index is 14.6. The zero-order valence-corrected chi connectivity index (χ0v) is 37.6. The number of aromatic nitrogens is 1. The van der Waals surface area contributed by atoms with Crippen LogP contribution >= 0.6 is 0 Å². The molecular weight excluding hydrogens is 779 g/mol. The minimum Gasteiger partial charge on any atom is -0.465 e. The fraction of sp³-hybridized carbons (Fsp3) is 0.774. The Bertz CT molecular complexity index is 2020. The van der Waals surface area contributed by atoms with Crippen molar-refractivity contribution in [3.8, 4) is 11.8 Å². The smallest absolute Gasteiger partial charge is 0.313 e. The van der Waals surface area contributed by atoms with Gasteiger partial charge in [0.15, 0.2) is 5.78 Å². The van der Waals surface area contributed by atoms with E-state index in [1.54, 1.807) is 18.6 Å². The number of ether oxygens (including phenoxy) is 1. The van der Waals surface area contributed by atoms with E-state index in [9.17, 15) is 35.1 Å². The van der Waals surface area contributed by atoms with Gasteiger partial charge in [0.1, 0.15) is 0 Å². The molecule has 6 fully saturated rings. The van der Waals surface area contributed by atoms with Crippen LogP contribution in [0.3, 0.4) is 0 Å². The molecule has 10 rings (SSSR count). The summed E-state index contributed by atoms with van der Waals surface area (Å²) in [5, 5.41) is 61.7. The Morgan fingerprint density at radius 1 is 0.887 bits per heavy atom. The topological polar surface area (TPSA) is 160 Å². The summed E-state index contributed by atoms with van der Waals surface area (Å²) >= 11 is 0. The van der Waals surface area contributed by atoms with Gasteiger partial charge in [-0.2, -0.15) is 0 Å². The highest BCUT2D eigenvalue weighted by atomic mass is 16.5. The van der Waals surface area contributed by atoms with Crippen molar-refractivity contribution in [2.24, 2.45) is 81.8 Å². The molecule has 9 heteroatoms. The highest BCUT2D eigenvalue weighted by molar-refractivity contribution is 5.95. The molecule has 9 aliphatic rings. The van der Waals surface area contributed by atoms with Crippen molar-refractivity contribution in [2.45, 2.75) is 166 Å². The van der Waals surface area contributed by atoms with Gasteiger partial charge in [-0.25, -0.2) is 0 Å². The molecule has 0 spiro atoms. The van der Waals surface area contributed by atoms with Gasteiger partial charge in [0.25, 0.3) is 0 Å². The Balaban J connectivity index is 1.07. The summed E-state index contributed by atoms with van der Waals surface area (Å²) in [6, 6.07) is 1.98. The minimum atomic E-state index is -1.56. The fourth-order valence-corrected chi connectivity index (χ4v) is 17.3. The number of cyclic esters (lactones) is 1. The first-order valence-corrected chi connectivity index (χ1v) is 24.8. The molecule has 2 heterocycles. The van der Waals surface area contributed by atoms with Crippen LogP contribution in [0.4, 0.5) is 0 Å². The Kier molecular flexibility index (Phi) is 10.9. The molecule has 62 heavy (non-hydrogen) atoms. The maximum atomic E-state index is 14.6. The lowest BCUT2D eigenvalue weighted by atomic mass is 9.42. The van der Waals surface area contributed by atoms with Crippen molar-refractivity contribution < 1.29 is 39.9 Å². The van der Waals surface area contributed by atoms with Crippen LogP contribution in [0.5, 0.6) is 0 Å². The number of rotatable bonds is 3. The van der Waals surface area contributed by atoms with Crippen LogP contribution in [0.25, 0.3) is 0 Å². The Labute approximate surface area is 368 Å². The highest BCUT2D eigenvalue weighted by Crippen LogP contribution is 2.72. The summed E-state index contributed by atoms with van der Waals surface area (Å²) in [5.74, 6) is 7.20. The number of ketones is 1. The number of aliphatic hydroxyl groups is 5. The van der Waals surface area contributed by atoms with E-state index < -0.39 is 58.1 Å². The standard InChI is InChI=1S/C53H73NO8/c1-29-12-13-31-14-15-36-30(2)21-46(58)51(4,60)48-33(9-7-8-32(22-38(36)37(31)20-29)39-28-62-49(59)47(39)34-17-19-54-27-34)25-53(61)41-23-43(55)42-24-44(56)45(57)26-52(42,35-10-5-6-11-35)40(41)16-18-50(48,53)3/h14,17,19,23,27,29-30,32-33,35-40,42,44-48,54,56-58,60-61H,5-6,9-13,15-16,18,20-22,24-26,28H2,1-4H3/t29-,30+,32-,33-,36-,37+,38+,39-,40-,42-,44+,45-,46+,47-,48-,50+,51-,52-,53+/m0/s1. The lowest BCUT2D eigenvalue weighted by Gasteiger charge is -2.63. The average molecular weight is 852 g/mol. The number of fused-ring (bicyclic) bond motifs is 10. The predicted molar refractivity (Wildman–Crippen MR) is 235 cm³/mol. The maximum Gasteiger partial charge on any atom is 0.313 e. The van der Waals surface area contributed by atoms with Gasteiger partial charge >= 0.3 is 5.97 Å². The number of nitrogens with one attached hydrogen (secondary N) is 1. The number of carbonyl (C=O) groups is 2. The molecule has 1 aromatic heterocycles. The normalized spacial score (nSPS) is 50.6. The summed E-state index contributed by atoms with van der Waals surface area (Å²) in [4.78, 5) is 31.3. The quantitative estimate of drug-likeness (QED) is 0.104. The zero-order valence-electron chi connectivity index (χ0n) is 37.6. The molecule has 0 radical (unpaired) electrons. The Hall–Kier alpha value is -2.74. The zero-order chi connectivity index (χ0) is 43.5. The third-order valence-corrected chi connectivity index (χ3v) is 20.2. The molecule has 0 bridgehead atoms. The van der Waals surface area contributed by atoms with E-state index in [0.717, 1.165) is 62.5 Å². The van der Waals surface area contributed by atoms with E-state index >= 15 is 0 Å². The van der Waals surface area contributed by atoms with E-state index in [2.05, 4.69) is 43.7 Å². The van der Waals surface area contributed by atoms with Gasteiger partial charge in [0.05, 0.1) is 42.0 Å². The second-order valence-electron chi connectivity index (χ2n) is 23.1. The van der Waals surface area contributed by atoms with Crippen molar-refractivity contribution in [2.75, 3.05) is 6.61 Å². The number of esters is 1. The van der Waals surface area contributed by atoms with Crippen molar-refractivity contribution in [1.29, 1.82) is 0 Å². The molecule has 5 saturated carbocycles. The van der Waals surface area contributed by atoms with Crippen molar-refractivity contribution in [1.82, 2.24) is 4.98 Å². The van der Waals surface area contributed by atoms with Crippen LogP contribution in [0, 0.1) is 93.7 Å². The van der Waals surface area contributed by atoms with Crippen molar-refractivity contribution >= 4 is 11.8 Å². The molecule has 0 unspecified atom stereocenters. The predicted octanol–water partition coefficient (Wildman–Crippen LogP) is 7.42. The molecule has 1 aromatic rings. The third-order valence-electron chi connectivity index (χ3n) is 20.2. The first-order valence-electron chi connectivity index (χ1n) is 24.8. The number of aromatic amines is 1. The third kappa shape index (κ3) is 6.48. The summed E-state index contributed by atoms with van der Waals surface area (Å²) in [5.41, 5.74) is -1.17. The van der Waals surface area contributed by atoms with E-state index in [1.165, 1.54) is 6.42 Å². The van der Waals surface area contributed by atoms with Crippen molar-refractivity contribution in [3.63, 3.8) is 0 Å². The number of hydrogen-bond acceptors (Lipinski definition) is 8. The molecule has 0 aromatic carbocycles. The van der Waals surface area contributed by atoms with Crippen LogP contribution in [0.1, 0.15) is 142 Å². The molecule has 0 amide bonds. The lowest BCUT2D eigenvalue weighted by Crippen LogP contribution is -2.64. The molecule has 1 aliphatic heterocycles. The van der Waals surface area contributed by atoms with E-state index in [4.69, 9.17) is 4.74 Å². The summed E-state index contributed by atoms with van der Waals surface area (Å²) in [6.07, 6.45) is 17.5. The fourth-order valence-electron chi connectivity index (χ4n) is 17.3. The molecule has 19 atom stereocenters. The van der Waals surface area contributed by atoms with Crippen LogP contribution in [-0.4, -0.2) is 78.4 Å². The molecule has 9 nitrogen and oxygen atoms in total. The number of hydrogen-bond donors (Lipinski definition) is 6. The van der Waals surface area contributed by atoms with E-state index in [1.807, 2.05) is 18.5 Å². The Morgan fingerprint density at radius 3 is 2.44 bits per heavy atom. The van der Waals surface area contributed by atoms with Crippen LogP contribution in [-0.2, 0) is 14.3 Å². The molecule has 6 N–H and O–H groups in total. The molecule has 8 aliphatic carbocycles. The second-order valence-corrected chi connectivity index (χ2v) is 23.1. The first kappa shape index (κ1) is 43.2. The Morgan fingerprint density at radius 2 is 1.68 bits per heavy atom. The number of H-pyrrole nitrogens is 1. The van der Waals surface area contributed by atoms with Gasteiger partial charge in [0.2, 0.25) is 0 Å². The monoisotopic (exact) mass is 852 g/mol. The molecule has 1 saturated heterocycles. The van der Waals surface area contributed by atoms with Gasteiger partial charge in [-0.05, 0) is 166 Å². The van der Waals surface area contributed by atoms with Crippen LogP contribution in [0.2, 0.25) is 0 Å². The number of allylic oxidation sites excluding steroid dienone is 3. The summed E-state index contributed by atoms with van der Waals surface area (Å²) in [6.45, 7) is 8.85. The first-order chi connectivity index (χ1) is 29.6. The summed E-state index contributed by atoms with van der Waals surface area (Å²) in [7, 11) is 0. The highest BCUT2D eigenvalue weighted by Gasteiger charge is 2.73. The van der Waals surface area contributed by atoms with Gasteiger partial charge in [0, 0.05) is 47.9 Å². The van der Waals surface area contributed by atoms with E-state index in [-0.39, 0.29) is 59.6 Å². The second kappa shape index (κ2) is 15.7. The molecular formula is C53H73NO8. The van der Waals surface area contributed by atoms with Gasteiger partial charge in [-0.3, -0.25) is 9.59 Å². The number of carbonyl (C=O) groups excluding carboxylic acids is 2. The average Bonchev–Trinajstić information content (AvgIpc) is 4.06. The SMILES string of the molecule is C[C@H]1CCC2=CC[C@@H]3[C@@H](C[C@@H]([C@@H]4COC(=O)[C@H]4c4cc[nH]c4)C#CC[C@H]4C[C@@]5(O)C6=CC(=O)[C@@H]7C[C@@H](O)[C@@H](O)C[C@]7(C7CCCC7)[C@H]6CC[C@]5(C)[C@H]4[C@@](C)(O)[C@H](O)C[C@H]3C)[C@@H]2C1. The minimum absolute atomic E-state index is 0.0471. The van der Waals surface area contributed by atoms with Crippen LogP contribution < -0.4 is 0 Å². The lowest BCUT2D eigenvalue weighted by molar-refractivity contribution is -0.189. The van der Waals surface area contributed by atoms with Crippen molar-refractivity contribution in [3.05, 3.63) is 47.3 Å². The molecule has 338 valence electrons. The van der Waals surface area contributed by atoms with Gasteiger partial charge in [-0.1, -0.05) is 51.2 Å². The summed E-state index contributed by atoms with van der Waals surface area (Å²) < 4.78 is 5.89.